The second-order valence-corrected chi connectivity index (χ2v) is 8.05. The molecule has 174 valence electrons. The summed E-state index contributed by atoms with van der Waals surface area (Å²) in [6, 6.07) is 21.0. The zero-order valence-electron chi connectivity index (χ0n) is 18.8. The van der Waals surface area contributed by atoms with E-state index in [1.54, 1.807) is 12.4 Å². The van der Waals surface area contributed by atoms with Gasteiger partial charge in [-0.25, -0.2) is 0 Å². The number of aromatic nitrogens is 4. The molecule has 34 heavy (non-hydrogen) atoms. The highest BCUT2D eigenvalue weighted by molar-refractivity contribution is 7.99. The van der Waals surface area contributed by atoms with Crippen molar-refractivity contribution in [2.45, 2.75) is 12.1 Å². The third kappa shape index (κ3) is 6.14. The van der Waals surface area contributed by atoms with E-state index in [-0.39, 0.29) is 11.7 Å². The molecule has 0 saturated heterocycles. The zero-order valence-corrected chi connectivity index (χ0v) is 19.6. The molecule has 4 aromatic rings. The van der Waals surface area contributed by atoms with E-state index in [4.69, 9.17) is 9.47 Å². The number of carbonyl (C=O) groups excluding carboxylic acids is 1. The molecule has 4 rings (SSSR count). The number of pyridine rings is 1. The van der Waals surface area contributed by atoms with Crippen LogP contribution in [0, 0.1) is 0 Å². The van der Waals surface area contributed by atoms with Gasteiger partial charge in [-0.15, -0.1) is 10.2 Å². The van der Waals surface area contributed by atoms with Crippen LogP contribution in [0.2, 0.25) is 0 Å². The Morgan fingerprint density at radius 1 is 0.971 bits per heavy atom. The molecule has 1 amide bonds. The molecule has 0 aliphatic carbocycles. The second-order valence-electron chi connectivity index (χ2n) is 7.11. The maximum atomic E-state index is 12.4. The van der Waals surface area contributed by atoms with Crippen LogP contribution in [0.5, 0.6) is 11.5 Å². The quantitative estimate of drug-likeness (QED) is 0.259. The Kier molecular flexibility index (Phi) is 8.13. The molecule has 0 radical (unpaired) electrons. The second kappa shape index (κ2) is 11.9. The highest BCUT2D eigenvalue weighted by atomic mass is 32.2. The van der Waals surface area contributed by atoms with Crippen molar-refractivity contribution in [3.8, 4) is 28.6 Å². The van der Waals surface area contributed by atoms with Crippen molar-refractivity contribution >= 4 is 17.7 Å². The maximum absolute atomic E-state index is 12.4. The molecule has 2 heterocycles. The average molecular weight is 476 g/mol. The van der Waals surface area contributed by atoms with Gasteiger partial charge in [0.2, 0.25) is 5.91 Å². The number of benzene rings is 2. The molecular formula is C25H25N5O3S. The van der Waals surface area contributed by atoms with Gasteiger partial charge in [-0.1, -0.05) is 30.0 Å². The van der Waals surface area contributed by atoms with Gasteiger partial charge < -0.3 is 14.8 Å². The topological polar surface area (TPSA) is 91.2 Å². The Hall–Kier alpha value is -3.85. The number of thioether (sulfide) groups is 1. The van der Waals surface area contributed by atoms with Crippen molar-refractivity contribution in [1.82, 2.24) is 25.1 Å². The number of ether oxygens (including phenoxy) is 2. The van der Waals surface area contributed by atoms with Gasteiger partial charge in [-0.3, -0.25) is 14.3 Å². The van der Waals surface area contributed by atoms with Crippen molar-refractivity contribution in [1.29, 1.82) is 0 Å². The summed E-state index contributed by atoms with van der Waals surface area (Å²) in [5.41, 5.74) is 1.76. The Morgan fingerprint density at radius 3 is 2.44 bits per heavy atom. The first-order valence-electron chi connectivity index (χ1n) is 10.9. The highest BCUT2D eigenvalue weighted by Crippen LogP contribution is 2.27. The van der Waals surface area contributed by atoms with Gasteiger partial charge in [0.1, 0.15) is 18.1 Å². The molecule has 0 fully saturated rings. The van der Waals surface area contributed by atoms with Crippen LogP contribution < -0.4 is 14.8 Å². The Morgan fingerprint density at radius 2 is 1.74 bits per heavy atom. The normalized spacial score (nSPS) is 10.6. The fraction of sp³-hybridized carbons (Fsp3) is 0.200. The molecule has 0 bridgehead atoms. The summed E-state index contributed by atoms with van der Waals surface area (Å²) < 4.78 is 13.0. The standard InChI is InChI=1S/C25H25N5O3S/c1-2-32-21-10-12-22(13-11-21)33-16-15-27-23(31)18-34-25-29-28-24(19-7-6-14-26-17-19)30(25)20-8-4-3-5-9-20/h3-14,17H,2,15-16,18H2,1H3,(H,27,31). The SMILES string of the molecule is CCOc1ccc(OCCNC(=O)CSc2nnc(-c3cccnc3)n2-c2ccccc2)cc1. The summed E-state index contributed by atoms with van der Waals surface area (Å²) in [6.07, 6.45) is 3.46. The number of amides is 1. The van der Waals surface area contributed by atoms with Gasteiger partial charge >= 0.3 is 0 Å². The minimum atomic E-state index is -0.106. The number of rotatable bonds is 11. The number of hydrogen-bond donors (Lipinski definition) is 1. The summed E-state index contributed by atoms with van der Waals surface area (Å²) in [4.78, 5) is 16.6. The molecule has 0 spiro atoms. The van der Waals surface area contributed by atoms with E-state index in [1.165, 1.54) is 11.8 Å². The number of hydrogen-bond acceptors (Lipinski definition) is 7. The van der Waals surface area contributed by atoms with Crippen molar-refractivity contribution < 1.29 is 14.3 Å². The van der Waals surface area contributed by atoms with E-state index < -0.39 is 0 Å². The van der Waals surface area contributed by atoms with Crippen molar-refractivity contribution in [3.63, 3.8) is 0 Å². The smallest absolute Gasteiger partial charge is 0.230 e. The Labute approximate surface area is 202 Å². The van der Waals surface area contributed by atoms with Gasteiger partial charge in [0, 0.05) is 23.6 Å². The minimum Gasteiger partial charge on any atom is -0.494 e. The Bertz CT molecular complexity index is 1180. The highest BCUT2D eigenvalue weighted by Gasteiger charge is 2.17. The summed E-state index contributed by atoms with van der Waals surface area (Å²) >= 11 is 1.33. The Balaban J connectivity index is 1.32. The van der Waals surface area contributed by atoms with Gasteiger partial charge in [0.05, 0.1) is 18.9 Å². The van der Waals surface area contributed by atoms with Gasteiger partial charge in [0.15, 0.2) is 11.0 Å². The van der Waals surface area contributed by atoms with Crippen LogP contribution in [0.4, 0.5) is 0 Å². The lowest BCUT2D eigenvalue weighted by molar-refractivity contribution is -0.118. The van der Waals surface area contributed by atoms with E-state index >= 15 is 0 Å². The lowest BCUT2D eigenvalue weighted by atomic mass is 10.2. The van der Waals surface area contributed by atoms with Crippen LogP contribution in [0.3, 0.4) is 0 Å². The van der Waals surface area contributed by atoms with E-state index in [1.807, 2.05) is 78.2 Å². The molecule has 8 nitrogen and oxygen atoms in total. The summed E-state index contributed by atoms with van der Waals surface area (Å²) in [7, 11) is 0. The average Bonchev–Trinajstić information content (AvgIpc) is 3.31. The molecule has 0 aliphatic heterocycles. The van der Waals surface area contributed by atoms with Crippen molar-refractivity contribution in [2.24, 2.45) is 0 Å². The molecular weight excluding hydrogens is 450 g/mol. The van der Waals surface area contributed by atoms with E-state index in [0.717, 1.165) is 22.7 Å². The van der Waals surface area contributed by atoms with E-state index in [0.29, 0.717) is 30.7 Å². The van der Waals surface area contributed by atoms with Gasteiger partial charge in [-0.2, -0.15) is 0 Å². The van der Waals surface area contributed by atoms with Crippen LogP contribution >= 0.6 is 11.8 Å². The van der Waals surface area contributed by atoms with Crippen LogP contribution in [0.25, 0.3) is 17.1 Å². The number of para-hydroxylation sites is 1. The molecule has 0 saturated carbocycles. The minimum absolute atomic E-state index is 0.106. The lowest BCUT2D eigenvalue weighted by Gasteiger charge is -2.11. The predicted molar refractivity (Wildman–Crippen MR) is 131 cm³/mol. The third-order valence-electron chi connectivity index (χ3n) is 4.73. The van der Waals surface area contributed by atoms with Gasteiger partial charge in [0.25, 0.3) is 0 Å². The molecule has 0 atom stereocenters. The lowest BCUT2D eigenvalue weighted by Crippen LogP contribution is -2.29. The monoisotopic (exact) mass is 475 g/mol. The van der Waals surface area contributed by atoms with Crippen LogP contribution in [0.15, 0.2) is 84.3 Å². The zero-order chi connectivity index (χ0) is 23.6. The van der Waals surface area contributed by atoms with Crippen LogP contribution in [-0.4, -0.2) is 51.2 Å². The fourth-order valence-corrected chi connectivity index (χ4v) is 3.98. The van der Waals surface area contributed by atoms with Gasteiger partial charge in [-0.05, 0) is 55.5 Å². The first kappa shape index (κ1) is 23.3. The molecule has 0 unspecified atom stereocenters. The first-order chi connectivity index (χ1) is 16.7. The first-order valence-corrected chi connectivity index (χ1v) is 11.9. The van der Waals surface area contributed by atoms with Crippen LogP contribution in [0.1, 0.15) is 6.92 Å². The maximum Gasteiger partial charge on any atom is 0.230 e. The fourth-order valence-electron chi connectivity index (χ4n) is 3.19. The molecule has 0 aliphatic rings. The molecule has 2 aromatic carbocycles. The van der Waals surface area contributed by atoms with Crippen molar-refractivity contribution in [2.75, 3.05) is 25.5 Å². The number of nitrogens with one attached hydrogen (secondary N) is 1. The van der Waals surface area contributed by atoms with Crippen molar-refractivity contribution in [3.05, 3.63) is 79.1 Å². The molecule has 1 N–H and O–H groups in total. The number of carbonyl (C=O) groups is 1. The molecule has 9 heteroatoms. The third-order valence-corrected chi connectivity index (χ3v) is 5.66. The number of nitrogens with zero attached hydrogens (tertiary/aromatic N) is 4. The van der Waals surface area contributed by atoms with E-state index in [9.17, 15) is 4.79 Å². The summed E-state index contributed by atoms with van der Waals surface area (Å²) in [5.74, 6) is 2.30. The summed E-state index contributed by atoms with van der Waals surface area (Å²) in [5, 5.41) is 12.2. The van der Waals surface area contributed by atoms with Crippen LogP contribution in [-0.2, 0) is 4.79 Å². The predicted octanol–water partition coefficient (Wildman–Crippen LogP) is 4.02. The van der Waals surface area contributed by atoms with E-state index in [2.05, 4.69) is 20.5 Å². The largest absolute Gasteiger partial charge is 0.494 e. The molecule has 2 aromatic heterocycles. The summed E-state index contributed by atoms with van der Waals surface area (Å²) in [6.45, 7) is 3.34.